The second kappa shape index (κ2) is 11.5. The third-order valence-corrected chi connectivity index (χ3v) is 8.67. The van der Waals surface area contributed by atoms with Gasteiger partial charge in [-0.1, -0.05) is 6.92 Å². The third kappa shape index (κ3) is 6.07. The monoisotopic (exact) mass is 656 g/mol. The molecule has 0 aliphatic heterocycles. The van der Waals surface area contributed by atoms with E-state index in [1.807, 2.05) is 13.0 Å². The molecule has 202 valence electrons. The maximum absolute atomic E-state index is 15.6. The Kier molecular flexibility index (Phi) is 8.52. The zero-order chi connectivity index (χ0) is 27.6. The molecule has 1 aromatic heterocycles. The topological polar surface area (TPSA) is 101 Å². The minimum atomic E-state index is -4.61. The third-order valence-electron chi connectivity index (χ3n) is 6.21. The molecule has 4 rings (SSSR count). The lowest BCUT2D eigenvalue weighted by molar-refractivity contribution is 0.0270. The molecule has 1 heterocycles. The number of sulfonamides is 1. The lowest BCUT2D eigenvalue weighted by atomic mass is 10.1. The molecule has 0 bridgehead atoms. The predicted molar refractivity (Wildman–Crippen MR) is 149 cm³/mol. The SMILES string of the molecule is CCc1cc(N(C)S(=O)(=O)c2cc(C(=O)NOCC3CC3)c(Nc3ccc(I)cc3C)c(F)c2F)ccn1. The molecule has 1 aliphatic rings. The summed E-state index contributed by atoms with van der Waals surface area (Å²) in [6.45, 7) is 3.89. The van der Waals surface area contributed by atoms with Gasteiger partial charge in [0, 0.05) is 28.2 Å². The number of halogens is 3. The fourth-order valence-corrected chi connectivity index (χ4v) is 5.62. The van der Waals surface area contributed by atoms with E-state index in [9.17, 15) is 13.2 Å². The molecular formula is C26H27F2IN4O4S. The smallest absolute Gasteiger partial charge is 0.277 e. The number of aromatic nitrogens is 1. The summed E-state index contributed by atoms with van der Waals surface area (Å²) < 4.78 is 59.7. The largest absolute Gasteiger partial charge is 0.352 e. The van der Waals surface area contributed by atoms with Crippen LogP contribution in [0, 0.1) is 28.0 Å². The van der Waals surface area contributed by atoms with Gasteiger partial charge in [-0.2, -0.15) is 0 Å². The number of amides is 1. The molecule has 2 N–H and O–H groups in total. The number of nitrogens with zero attached hydrogens (tertiary/aromatic N) is 2. The maximum Gasteiger partial charge on any atom is 0.277 e. The number of anilines is 3. The van der Waals surface area contributed by atoms with Crippen LogP contribution in [-0.4, -0.2) is 33.0 Å². The van der Waals surface area contributed by atoms with Gasteiger partial charge in [0.25, 0.3) is 15.9 Å². The molecule has 0 unspecified atom stereocenters. The number of nitrogens with one attached hydrogen (secondary N) is 2. The van der Waals surface area contributed by atoms with E-state index in [4.69, 9.17) is 4.84 Å². The molecular weight excluding hydrogens is 629 g/mol. The zero-order valence-corrected chi connectivity index (χ0v) is 24.0. The Morgan fingerprint density at radius 3 is 2.58 bits per heavy atom. The van der Waals surface area contributed by atoms with Crippen molar-refractivity contribution in [3.63, 3.8) is 0 Å². The first-order valence-corrected chi connectivity index (χ1v) is 14.5. The van der Waals surface area contributed by atoms with Gasteiger partial charge >= 0.3 is 0 Å². The van der Waals surface area contributed by atoms with Gasteiger partial charge in [-0.25, -0.2) is 22.7 Å². The van der Waals surface area contributed by atoms with Gasteiger partial charge in [-0.15, -0.1) is 0 Å². The van der Waals surface area contributed by atoms with E-state index in [1.165, 1.54) is 19.3 Å². The first kappa shape index (κ1) is 28.2. The first-order valence-electron chi connectivity index (χ1n) is 11.9. The summed E-state index contributed by atoms with van der Waals surface area (Å²) in [4.78, 5) is 21.5. The maximum atomic E-state index is 15.6. The molecule has 1 saturated carbocycles. The molecule has 2 aromatic carbocycles. The van der Waals surface area contributed by atoms with Gasteiger partial charge in [0.1, 0.15) is 4.90 Å². The Hall–Kier alpha value is -2.84. The number of benzene rings is 2. The number of carbonyl (C=O) groups is 1. The Morgan fingerprint density at radius 2 is 1.92 bits per heavy atom. The zero-order valence-electron chi connectivity index (χ0n) is 21.0. The summed E-state index contributed by atoms with van der Waals surface area (Å²) in [6.07, 6.45) is 3.94. The highest BCUT2D eigenvalue weighted by Crippen LogP contribution is 2.34. The second-order valence-corrected chi connectivity index (χ2v) is 12.2. The van der Waals surface area contributed by atoms with Crippen molar-refractivity contribution in [2.24, 2.45) is 5.92 Å². The molecule has 38 heavy (non-hydrogen) atoms. The van der Waals surface area contributed by atoms with E-state index in [0.29, 0.717) is 29.3 Å². The first-order chi connectivity index (χ1) is 18.0. The van der Waals surface area contributed by atoms with Gasteiger partial charge in [0.2, 0.25) is 0 Å². The van der Waals surface area contributed by atoms with Gasteiger partial charge < -0.3 is 5.32 Å². The molecule has 12 heteroatoms. The van der Waals surface area contributed by atoms with Crippen LogP contribution in [0.1, 0.15) is 41.4 Å². The van der Waals surface area contributed by atoms with Crippen LogP contribution < -0.4 is 15.1 Å². The molecule has 3 aromatic rings. The molecule has 1 fully saturated rings. The van der Waals surface area contributed by atoms with E-state index in [-0.39, 0.29) is 12.3 Å². The molecule has 0 saturated heterocycles. The lowest BCUT2D eigenvalue weighted by Gasteiger charge is -2.22. The van der Waals surface area contributed by atoms with Crippen molar-refractivity contribution >= 4 is 55.6 Å². The van der Waals surface area contributed by atoms with Crippen molar-refractivity contribution in [1.82, 2.24) is 10.5 Å². The van der Waals surface area contributed by atoms with Crippen molar-refractivity contribution in [2.75, 3.05) is 23.3 Å². The van der Waals surface area contributed by atoms with Gasteiger partial charge in [0.05, 0.1) is 23.5 Å². The van der Waals surface area contributed by atoms with Crippen LogP contribution in [0.5, 0.6) is 0 Å². The number of rotatable bonds is 10. The van der Waals surface area contributed by atoms with Crippen molar-refractivity contribution in [3.8, 4) is 0 Å². The second-order valence-electron chi connectivity index (χ2n) is 9.03. The number of aryl methyl sites for hydroxylation is 2. The molecule has 0 atom stereocenters. The van der Waals surface area contributed by atoms with Crippen LogP contribution in [0.2, 0.25) is 0 Å². The van der Waals surface area contributed by atoms with Crippen LogP contribution in [0.25, 0.3) is 0 Å². The Labute approximate surface area is 233 Å². The number of hydrogen-bond acceptors (Lipinski definition) is 6. The highest BCUT2D eigenvalue weighted by molar-refractivity contribution is 14.1. The molecule has 1 amide bonds. The molecule has 1 aliphatic carbocycles. The standard InChI is InChI=1S/C26H27F2IN4O4S/c1-4-18-12-19(9-10-30-18)33(3)38(35,36)22-13-20(26(34)32-37-14-16-5-6-16)25(24(28)23(22)27)31-21-8-7-17(29)11-15(21)2/h7-13,16,31H,4-6,14H2,1-3H3,(H,32,34). The fourth-order valence-electron chi connectivity index (χ4n) is 3.70. The van der Waals surface area contributed by atoms with Crippen LogP contribution in [0.15, 0.2) is 47.5 Å². The van der Waals surface area contributed by atoms with E-state index >= 15 is 8.78 Å². The van der Waals surface area contributed by atoms with Crippen molar-refractivity contribution < 1.29 is 26.8 Å². The van der Waals surface area contributed by atoms with Gasteiger partial charge in [-0.3, -0.25) is 18.9 Å². The van der Waals surface area contributed by atoms with Crippen LogP contribution in [0.3, 0.4) is 0 Å². The summed E-state index contributed by atoms with van der Waals surface area (Å²) in [7, 11) is -3.39. The number of hydroxylamine groups is 1. The molecule has 0 radical (unpaired) electrons. The average Bonchev–Trinajstić information content (AvgIpc) is 3.72. The Morgan fingerprint density at radius 1 is 1.18 bits per heavy atom. The Balaban J connectivity index is 1.79. The van der Waals surface area contributed by atoms with Crippen molar-refractivity contribution in [3.05, 3.63) is 74.6 Å². The number of hydrogen-bond donors (Lipinski definition) is 2. The van der Waals surface area contributed by atoms with E-state index in [2.05, 4.69) is 38.4 Å². The quantitative estimate of drug-likeness (QED) is 0.222. The van der Waals surface area contributed by atoms with E-state index in [1.54, 1.807) is 25.1 Å². The predicted octanol–water partition coefficient (Wildman–Crippen LogP) is 5.48. The van der Waals surface area contributed by atoms with Crippen LogP contribution in [0.4, 0.5) is 25.8 Å². The van der Waals surface area contributed by atoms with Gasteiger partial charge in [-0.05, 0) is 96.7 Å². The van der Waals surface area contributed by atoms with Crippen molar-refractivity contribution in [1.29, 1.82) is 0 Å². The summed E-state index contributed by atoms with van der Waals surface area (Å²) >= 11 is 2.12. The van der Waals surface area contributed by atoms with Crippen LogP contribution in [-0.2, 0) is 21.3 Å². The van der Waals surface area contributed by atoms with Gasteiger partial charge in [0.15, 0.2) is 11.6 Å². The highest BCUT2D eigenvalue weighted by Gasteiger charge is 2.32. The summed E-state index contributed by atoms with van der Waals surface area (Å²) in [6, 6.07) is 9.05. The minimum absolute atomic E-state index is 0.215. The number of pyridine rings is 1. The number of carbonyl (C=O) groups excluding carboxylic acids is 1. The Bertz CT molecular complexity index is 1480. The minimum Gasteiger partial charge on any atom is -0.352 e. The fraction of sp³-hybridized carbons (Fsp3) is 0.308. The van der Waals surface area contributed by atoms with E-state index < -0.39 is 43.7 Å². The van der Waals surface area contributed by atoms with Crippen LogP contribution >= 0.6 is 22.6 Å². The summed E-state index contributed by atoms with van der Waals surface area (Å²) in [5.74, 6) is -3.70. The van der Waals surface area contributed by atoms with Crippen molar-refractivity contribution in [2.45, 2.75) is 38.0 Å². The average molecular weight is 656 g/mol. The molecule has 0 spiro atoms. The van der Waals surface area contributed by atoms with E-state index in [0.717, 1.165) is 26.8 Å². The molecule has 8 nitrogen and oxygen atoms in total. The lowest BCUT2D eigenvalue weighted by Crippen LogP contribution is -2.30. The normalized spacial score (nSPS) is 13.3. The summed E-state index contributed by atoms with van der Waals surface area (Å²) in [5.41, 5.74) is 3.29. The summed E-state index contributed by atoms with van der Waals surface area (Å²) in [5, 5.41) is 2.77. The highest BCUT2D eigenvalue weighted by atomic mass is 127.